The van der Waals surface area contributed by atoms with Crippen molar-refractivity contribution in [2.45, 2.75) is 23.1 Å². The second kappa shape index (κ2) is 6.87. The van der Waals surface area contributed by atoms with Crippen LogP contribution < -0.4 is 10.5 Å². The maximum Gasteiger partial charge on any atom is 0.143 e. The molecule has 2 N–H and O–H groups in total. The Kier molecular flexibility index (Phi) is 5.16. The molecule has 19 heavy (non-hydrogen) atoms. The number of hydrogen-bond donors (Lipinski definition) is 1. The fraction of sp³-hybridized carbons (Fsp3) is 0.200. The molecule has 100 valence electrons. The van der Waals surface area contributed by atoms with Crippen molar-refractivity contribution in [3.63, 3.8) is 0 Å². The molecule has 2 aromatic rings. The lowest BCUT2D eigenvalue weighted by atomic mass is 10.3. The summed E-state index contributed by atoms with van der Waals surface area (Å²) in [7, 11) is 0. The van der Waals surface area contributed by atoms with Crippen LogP contribution in [0, 0.1) is 0 Å². The quantitative estimate of drug-likeness (QED) is 0.782. The van der Waals surface area contributed by atoms with Gasteiger partial charge in [0.05, 0.1) is 12.3 Å². The Morgan fingerprint density at radius 3 is 2.47 bits per heavy atom. The average molecular weight is 338 g/mol. The minimum Gasteiger partial charge on any atom is -0.491 e. The topological polar surface area (TPSA) is 35.2 Å². The minimum atomic E-state index is 0.689. The van der Waals surface area contributed by atoms with Crippen LogP contribution in [0.4, 0.5) is 5.69 Å². The number of benzene rings is 2. The largest absolute Gasteiger partial charge is 0.491 e. The molecule has 0 spiro atoms. The molecule has 0 aliphatic carbocycles. The molecule has 0 saturated carbocycles. The summed E-state index contributed by atoms with van der Waals surface area (Å²) < 4.78 is 6.72. The molecule has 0 atom stereocenters. The lowest BCUT2D eigenvalue weighted by molar-refractivity contribution is 0.318. The zero-order valence-electron chi connectivity index (χ0n) is 10.7. The molecule has 0 aliphatic rings. The molecule has 2 aromatic carbocycles. The van der Waals surface area contributed by atoms with Crippen molar-refractivity contribution in [1.82, 2.24) is 0 Å². The molecule has 2 rings (SSSR count). The first-order chi connectivity index (χ1) is 9.19. The first-order valence-corrected chi connectivity index (χ1v) is 7.75. The van der Waals surface area contributed by atoms with Gasteiger partial charge in [0.25, 0.3) is 0 Å². The van der Waals surface area contributed by atoms with E-state index in [4.69, 9.17) is 10.5 Å². The monoisotopic (exact) mass is 337 g/mol. The van der Waals surface area contributed by atoms with Crippen molar-refractivity contribution in [2.24, 2.45) is 0 Å². The fourth-order valence-electron chi connectivity index (χ4n) is 1.55. The van der Waals surface area contributed by atoms with E-state index < -0.39 is 0 Å². The molecule has 0 fully saturated rings. The van der Waals surface area contributed by atoms with Gasteiger partial charge in [-0.2, -0.15) is 0 Å². The van der Waals surface area contributed by atoms with Gasteiger partial charge in [-0.15, -0.1) is 0 Å². The van der Waals surface area contributed by atoms with Crippen LogP contribution in [0.2, 0.25) is 0 Å². The third-order valence-corrected chi connectivity index (χ3v) is 4.02. The summed E-state index contributed by atoms with van der Waals surface area (Å²) in [5.74, 6) is 0.768. The van der Waals surface area contributed by atoms with Gasteiger partial charge in [0, 0.05) is 14.3 Å². The Bertz CT molecular complexity index is 542. The Balaban J connectivity index is 2.14. The SMILES string of the molecule is CCCOc1cc(Sc2ccc(Br)cc2)ccc1N. The van der Waals surface area contributed by atoms with E-state index in [1.807, 2.05) is 30.3 Å². The maximum absolute atomic E-state index is 5.90. The number of anilines is 1. The van der Waals surface area contributed by atoms with Gasteiger partial charge in [0.15, 0.2) is 0 Å². The third kappa shape index (κ3) is 4.18. The molecule has 4 heteroatoms. The van der Waals surface area contributed by atoms with Crippen LogP contribution >= 0.6 is 27.7 Å². The van der Waals surface area contributed by atoms with Crippen molar-refractivity contribution in [2.75, 3.05) is 12.3 Å². The van der Waals surface area contributed by atoms with Gasteiger partial charge >= 0.3 is 0 Å². The lowest BCUT2D eigenvalue weighted by Crippen LogP contribution is -1.98. The Hall–Kier alpha value is -1.13. The van der Waals surface area contributed by atoms with Gasteiger partial charge in [-0.25, -0.2) is 0 Å². The first-order valence-electron chi connectivity index (χ1n) is 6.15. The summed E-state index contributed by atoms with van der Waals surface area (Å²) >= 11 is 5.13. The summed E-state index contributed by atoms with van der Waals surface area (Å²) in [5, 5.41) is 0. The fourth-order valence-corrected chi connectivity index (χ4v) is 2.66. The van der Waals surface area contributed by atoms with Crippen molar-refractivity contribution in [3.05, 3.63) is 46.9 Å². The van der Waals surface area contributed by atoms with Crippen LogP contribution in [0.3, 0.4) is 0 Å². The highest BCUT2D eigenvalue weighted by molar-refractivity contribution is 9.10. The Morgan fingerprint density at radius 2 is 1.79 bits per heavy atom. The normalized spacial score (nSPS) is 10.4. The number of rotatable bonds is 5. The highest BCUT2D eigenvalue weighted by Crippen LogP contribution is 2.33. The second-order valence-electron chi connectivity index (χ2n) is 4.10. The molecular weight excluding hydrogens is 322 g/mol. The Morgan fingerprint density at radius 1 is 1.11 bits per heavy atom. The molecule has 0 amide bonds. The van der Waals surface area contributed by atoms with Crippen molar-refractivity contribution < 1.29 is 4.74 Å². The van der Waals surface area contributed by atoms with Crippen LogP contribution in [0.25, 0.3) is 0 Å². The minimum absolute atomic E-state index is 0.689. The summed E-state index contributed by atoms with van der Waals surface area (Å²) in [5.41, 5.74) is 6.59. The number of nitrogens with two attached hydrogens (primary N) is 1. The summed E-state index contributed by atoms with van der Waals surface area (Å²) in [4.78, 5) is 2.32. The van der Waals surface area contributed by atoms with Gasteiger partial charge in [0.2, 0.25) is 0 Å². The highest BCUT2D eigenvalue weighted by Gasteiger charge is 2.04. The van der Waals surface area contributed by atoms with Crippen LogP contribution in [-0.4, -0.2) is 6.61 Å². The molecule has 0 radical (unpaired) electrons. The smallest absolute Gasteiger partial charge is 0.143 e. The molecular formula is C15H16BrNOS. The highest BCUT2D eigenvalue weighted by atomic mass is 79.9. The van der Waals surface area contributed by atoms with E-state index in [1.54, 1.807) is 11.8 Å². The van der Waals surface area contributed by atoms with E-state index >= 15 is 0 Å². The summed E-state index contributed by atoms with van der Waals surface area (Å²) in [6.45, 7) is 2.77. The molecule has 0 aromatic heterocycles. The first kappa shape index (κ1) is 14.3. The molecule has 0 heterocycles. The van der Waals surface area contributed by atoms with Crippen LogP contribution in [0.1, 0.15) is 13.3 Å². The molecule has 0 unspecified atom stereocenters. The number of nitrogen functional groups attached to an aromatic ring is 1. The Labute approximate surface area is 126 Å². The second-order valence-corrected chi connectivity index (χ2v) is 6.17. The predicted octanol–water partition coefficient (Wildman–Crippen LogP) is 4.97. The van der Waals surface area contributed by atoms with E-state index in [0.29, 0.717) is 12.3 Å². The van der Waals surface area contributed by atoms with Crippen molar-refractivity contribution >= 4 is 33.4 Å². The van der Waals surface area contributed by atoms with E-state index in [0.717, 1.165) is 21.5 Å². The van der Waals surface area contributed by atoms with E-state index in [-0.39, 0.29) is 0 Å². The number of hydrogen-bond acceptors (Lipinski definition) is 3. The van der Waals surface area contributed by atoms with Crippen LogP contribution in [0.15, 0.2) is 56.7 Å². The average Bonchev–Trinajstić information content (AvgIpc) is 2.42. The standard InChI is InChI=1S/C15H16BrNOS/c1-2-9-18-15-10-13(7-8-14(15)17)19-12-5-3-11(16)4-6-12/h3-8,10H,2,9,17H2,1H3. The number of halogens is 1. The van der Waals surface area contributed by atoms with Crippen LogP contribution in [-0.2, 0) is 0 Å². The van der Waals surface area contributed by atoms with Crippen LogP contribution in [0.5, 0.6) is 5.75 Å². The lowest BCUT2D eigenvalue weighted by Gasteiger charge is -2.10. The zero-order valence-corrected chi connectivity index (χ0v) is 13.1. The van der Waals surface area contributed by atoms with Gasteiger partial charge in [-0.1, -0.05) is 34.6 Å². The molecule has 0 saturated heterocycles. The molecule has 0 aliphatic heterocycles. The van der Waals surface area contributed by atoms with E-state index in [1.165, 1.54) is 4.90 Å². The zero-order chi connectivity index (χ0) is 13.7. The van der Waals surface area contributed by atoms with Gasteiger partial charge in [0.1, 0.15) is 5.75 Å². The van der Waals surface area contributed by atoms with Gasteiger partial charge < -0.3 is 10.5 Å². The van der Waals surface area contributed by atoms with Crippen molar-refractivity contribution in [1.29, 1.82) is 0 Å². The molecule has 0 bridgehead atoms. The maximum atomic E-state index is 5.90. The predicted molar refractivity (Wildman–Crippen MR) is 84.9 cm³/mol. The summed E-state index contributed by atoms with van der Waals surface area (Å²) in [6, 6.07) is 14.1. The van der Waals surface area contributed by atoms with E-state index in [9.17, 15) is 0 Å². The number of ether oxygens (including phenoxy) is 1. The summed E-state index contributed by atoms with van der Waals surface area (Å²) in [6.07, 6.45) is 0.976. The van der Waals surface area contributed by atoms with Gasteiger partial charge in [-0.3, -0.25) is 0 Å². The van der Waals surface area contributed by atoms with Gasteiger partial charge in [-0.05, 0) is 48.9 Å². The third-order valence-electron chi connectivity index (χ3n) is 2.50. The van der Waals surface area contributed by atoms with E-state index in [2.05, 4.69) is 35.0 Å². The van der Waals surface area contributed by atoms with Crippen molar-refractivity contribution in [3.8, 4) is 5.75 Å². The molecule has 2 nitrogen and oxygen atoms in total.